The minimum atomic E-state index is -0.881. The maximum absolute atomic E-state index is 11.2. The summed E-state index contributed by atoms with van der Waals surface area (Å²) in [6, 6.07) is 0. The molecule has 16 heavy (non-hydrogen) atoms. The smallest absolute Gasteiger partial charge is 0.357 e. The zero-order chi connectivity index (χ0) is 12.1. The second kappa shape index (κ2) is 5.45. The molecule has 0 saturated carbocycles. The summed E-state index contributed by atoms with van der Waals surface area (Å²) in [4.78, 5) is 26.3. The highest BCUT2D eigenvalue weighted by molar-refractivity contribution is 7.15. The van der Waals surface area contributed by atoms with Crippen LogP contribution in [0.4, 0.5) is 5.13 Å². The molecule has 0 aliphatic carbocycles. The zero-order valence-corrected chi connectivity index (χ0v) is 9.76. The van der Waals surface area contributed by atoms with Crippen molar-refractivity contribution < 1.29 is 19.4 Å². The highest BCUT2D eigenvalue weighted by Gasteiger charge is 2.15. The zero-order valence-electron chi connectivity index (χ0n) is 8.94. The second-order valence-corrected chi connectivity index (χ2v) is 4.19. The average molecular weight is 244 g/mol. The summed E-state index contributed by atoms with van der Waals surface area (Å²) in [5.74, 6) is -1.37. The van der Waals surface area contributed by atoms with Crippen molar-refractivity contribution in [3.8, 4) is 0 Å². The molecule has 0 fully saturated rings. The van der Waals surface area contributed by atoms with Crippen molar-refractivity contribution in [3.05, 3.63) is 10.6 Å². The van der Waals surface area contributed by atoms with Crippen LogP contribution in [0.25, 0.3) is 0 Å². The van der Waals surface area contributed by atoms with E-state index in [0.717, 1.165) is 4.88 Å². The predicted molar refractivity (Wildman–Crippen MR) is 58.9 cm³/mol. The van der Waals surface area contributed by atoms with Gasteiger partial charge in [-0.2, -0.15) is 0 Å². The molecule has 0 spiro atoms. The summed E-state index contributed by atoms with van der Waals surface area (Å²) in [5, 5.41) is 11.8. The van der Waals surface area contributed by atoms with E-state index >= 15 is 0 Å². The molecular weight excluding hydrogens is 232 g/mol. The van der Waals surface area contributed by atoms with Crippen LogP contribution in [0.2, 0.25) is 0 Å². The minimum Gasteiger partial charge on any atom is -0.481 e. The standard InChI is InChI=1S/C9H12N2O4S/c1-5-7(8(14)15-2)11-9(16-5)10-4-3-6(12)13/h3-4H2,1-2H3,(H,10,11)(H,12,13). The monoisotopic (exact) mass is 244 g/mol. The van der Waals surface area contributed by atoms with Gasteiger partial charge in [-0.1, -0.05) is 0 Å². The molecule has 0 saturated heterocycles. The molecule has 0 aromatic carbocycles. The van der Waals surface area contributed by atoms with E-state index in [-0.39, 0.29) is 18.7 Å². The Hall–Kier alpha value is -1.63. The highest BCUT2D eigenvalue weighted by Crippen LogP contribution is 2.22. The number of hydrogen-bond acceptors (Lipinski definition) is 6. The number of nitrogens with zero attached hydrogens (tertiary/aromatic N) is 1. The van der Waals surface area contributed by atoms with Gasteiger partial charge in [0.15, 0.2) is 10.8 Å². The Bertz CT molecular complexity index is 402. The number of carboxylic acid groups (broad SMARTS) is 1. The molecule has 1 aromatic heterocycles. The summed E-state index contributed by atoms with van der Waals surface area (Å²) in [5.41, 5.74) is 0.269. The second-order valence-electron chi connectivity index (χ2n) is 2.99. The van der Waals surface area contributed by atoms with Crippen LogP contribution in [0.5, 0.6) is 0 Å². The molecule has 0 unspecified atom stereocenters. The molecule has 6 nitrogen and oxygen atoms in total. The van der Waals surface area contributed by atoms with Crippen LogP contribution in [0.15, 0.2) is 0 Å². The quantitative estimate of drug-likeness (QED) is 0.755. The molecule has 1 aromatic rings. The molecule has 0 aliphatic heterocycles. The first kappa shape index (κ1) is 12.4. The van der Waals surface area contributed by atoms with E-state index in [9.17, 15) is 9.59 Å². The number of aromatic nitrogens is 1. The lowest BCUT2D eigenvalue weighted by Crippen LogP contribution is -2.08. The Kier molecular flexibility index (Phi) is 4.24. The Morgan fingerprint density at radius 3 is 2.81 bits per heavy atom. The van der Waals surface area contributed by atoms with Crippen LogP contribution >= 0.6 is 11.3 Å². The Labute approximate surface area is 96.3 Å². The summed E-state index contributed by atoms with van der Waals surface area (Å²) in [6.45, 7) is 2.04. The number of carbonyl (C=O) groups excluding carboxylic acids is 1. The molecule has 2 N–H and O–H groups in total. The lowest BCUT2D eigenvalue weighted by atomic mass is 10.4. The number of carboxylic acids is 1. The lowest BCUT2D eigenvalue weighted by molar-refractivity contribution is -0.136. The molecule has 0 bridgehead atoms. The number of nitrogens with one attached hydrogen (secondary N) is 1. The van der Waals surface area contributed by atoms with Gasteiger partial charge in [0.2, 0.25) is 0 Å². The fraction of sp³-hybridized carbons (Fsp3) is 0.444. The minimum absolute atomic E-state index is 0.00614. The molecule has 0 aliphatic rings. The number of methoxy groups -OCH3 is 1. The first-order valence-electron chi connectivity index (χ1n) is 4.56. The van der Waals surface area contributed by atoms with Crippen molar-refractivity contribution in [2.24, 2.45) is 0 Å². The van der Waals surface area contributed by atoms with Gasteiger partial charge in [0.05, 0.1) is 13.5 Å². The molecule has 7 heteroatoms. The van der Waals surface area contributed by atoms with E-state index in [1.165, 1.54) is 18.4 Å². The number of ether oxygens (including phenoxy) is 1. The van der Waals surface area contributed by atoms with E-state index < -0.39 is 11.9 Å². The average Bonchev–Trinajstić information content (AvgIpc) is 2.58. The topological polar surface area (TPSA) is 88.5 Å². The van der Waals surface area contributed by atoms with Gasteiger partial charge in [0.25, 0.3) is 0 Å². The number of rotatable bonds is 5. The van der Waals surface area contributed by atoms with Crippen molar-refractivity contribution in [2.75, 3.05) is 19.0 Å². The van der Waals surface area contributed by atoms with Crippen molar-refractivity contribution in [1.82, 2.24) is 4.98 Å². The Morgan fingerprint density at radius 2 is 2.25 bits per heavy atom. The molecule has 0 radical (unpaired) electrons. The largest absolute Gasteiger partial charge is 0.481 e. The number of aliphatic carboxylic acids is 1. The Balaban J connectivity index is 2.62. The summed E-state index contributed by atoms with van der Waals surface area (Å²) >= 11 is 1.29. The molecule has 88 valence electrons. The SMILES string of the molecule is COC(=O)c1nc(NCCC(=O)O)sc1C. The van der Waals surface area contributed by atoms with Crippen molar-refractivity contribution in [1.29, 1.82) is 0 Å². The van der Waals surface area contributed by atoms with E-state index in [0.29, 0.717) is 5.13 Å². The number of anilines is 1. The predicted octanol–water partition coefficient (Wildman–Crippen LogP) is 1.12. The molecular formula is C9H12N2O4S. The van der Waals surface area contributed by atoms with Crippen molar-refractivity contribution in [2.45, 2.75) is 13.3 Å². The third kappa shape index (κ3) is 3.20. The summed E-state index contributed by atoms with van der Waals surface area (Å²) in [7, 11) is 1.29. The first-order chi connectivity index (χ1) is 7.54. The van der Waals surface area contributed by atoms with Gasteiger partial charge >= 0.3 is 11.9 Å². The molecule has 0 atom stereocenters. The van der Waals surface area contributed by atoms with Crippen LogP contribution < -0.4 is 5.32 Å². The summed E-state index contributed by atoms with van der Waals surface area (Å²) < 4.78 is 4.56. The van der Waals surface area contributed by atoms with Gasteiger partial charge in [0, 0.05) is 11.4 Å². The molecule has 1 heterocycles. The van der Waals surface area contributed by atoms with Crippen LogP contribution in [-0.2, 0) is 9.53 Å². The van der Waals surface area contributed by atoms with E-state index in [2.05, 4.69) is 15.0 Å². The fourth-order valence-corrected chi connectivity index (χ4v) is 1.86. The van der Waals surface area contributed by atoms with E-state index in [1.54, 1.807) is 6.92 Å². The van der Waals surface area contributed by atoms with Crippen molar-refractivity contribution >= 4 is 28.4 Å². The van der Waals surface area contributed by atoms with Crippen LogP contribution in [0.1, 0.15) is 21.8 Å². The molecule has 0 amide bonds. The number of esters is 1. The van der Waals surface area contributed by atoms with Gasteiger partial charge in [-0.3, -0.25) is 4.79 Å². The Morgan fingerprint density at radius 1 is 1.56 bits per heavy atom. The van der Waals surface area contributed by atoms with E-state index in [1.807, 2.05) is 0 Å². The number of hydrogen-bond donors (Lipinski definition) is 2. The first-order valence-corrected chi connectivity index (χ1v) is 5.37. The number of carbonyl (C=O) groups is 2. The van der Waals surface area contributed by atoms with E-state index in [4.69, 9.17) is 5.11 Å². The highest BCUT2D eigenvalue weighted by atomic mass is 32.1. The van der Waals surface area contributed by atoms with Crippen LogP contribution in [0.3, 0.4) is 0 Å². The maximum Gasteiger partial charge on any atom is 0.357 e. The van der Waals surface area contributed by atoms with Gasteiger partial charge in [-0.05, 0) is 6.92 Å². The third-order valence-electron chi connectivity index (χ3n) is 1.79. The van der Waals surface area contributed by atoms with Gasteiger partial charge in [0.1, 0.15) is 0 Å². The van der Waals surface area contributed by atoms with Gasteiger partial charge in [-0.15, -0.1) is 11.3 Å². The number of aryl methyl sites for hydroxylation is 1. The maximum atomic E-state index is 11.2. The van der Waals surface area contributed by atoms with Crippen molar-refractivity contribution in [3.63, 3.8) is 0 Å². The number of thiazole rings is 1. The lowest BCUT2D eigenvalue weighted by Gasteiger charge is -1.98. The third-order valence-corrected chi connectivity index (χ3v) is 2.72. The van der Waals surface area contributed by atoms with Crippen LogP contribution in [0, 0.1) is 6.92 Å². The van der Waals surface area contributed by atoms with Gasteiger partial charge in [-0.25, -0.2) is 9.78 Å². The van der Waals surface area contributed by atoms with Crippen LogP contribution in [-0.4, -0.2) is 35.7 Å². The van der Waals surface area contributed by atoms with Gasteiger partial charge < -0.3 is 15.2 Å². The fourth-order valence-electron chi connectivity index (χ4n) is 1.03. The normalized spacial score (nSPS) is 9.88. The summed E-state index contributed by atoms with van der Waals surface area (Å²) in [6.07, 6.45) is 0.00614. The molecule has 1 rings (SSSR count).